The van der Waals surface area contributed by atoms with Crippen LogP contribution in [-0.2, 0) is 6.54 Å². The van der Waals surface area contributed by atoms with E-state index in [0.29, 0.717) is 29.5 Å². The molecule has 0 saturated carbocycles. The number of nitrogens with one attached hydrogen (secondary N) is 2. The second kappa shape index (κ2) is 4.69. The third-order valence-corrected chi connectivity index (χ3v) is 2.64. The molecule has 0 radical (unpaired) electrons. The largest absolute Gasteiger partial charge is 0.467 e. The van der Waals surface area contributed by atoms with Crippen molar-refractivity contribution in [3.05, 3.63) is 29.4 Å². The van der Waals surface area contributed by atoms with E-state index in [0.717, 1.165) is 5.76 Å². The number of hydrogen-bond acceptors (Lipinski definition) is 6. The van der Waals surface area contributed by atoms with Crippen LogP contribution in [0.2, 0.25) is 5.28 Å². The number of imidazole rings is 1. The van der Waals surface area contributed by atoms with Crippen LogP contribution in [0, 0.1) is 0 Å². The van der Waals surface area contributed by atoms with Crippen LogP contribution in [-0.4, -0.2) is 26.7 Å². The van der Waals surface area contributed by atoms with Crippen molar-refractivity contribution in [3.63, 3.8) is 0 Å². The van der Waals surface area contributed by atoms with E-state index in [-0.39, 0.29) is 5.28 Å². The Bertz CT molecular complexity index is 720. The number of fused-ring (bicyclic) bond motifs is 1. The van der Waals surface area contributed by atoms with E-state index < -0.39 is 0 Å². The summed E-state index contributed by atoms with van der Waals surface area (Å²) in [6, 6.07) is 3.67. The van der Waals surface area contributed by atoms with Crippen molar-refractivity contribution in [2.45, 2.75) is 6.54 Å². The van der Waals surface area contributed by atoms with E-state index in [4.69, 9.17) is 16.0 Å². The van der Waals surface area contributed by atoms with Gasteiger partial charge in [0.25, 0.3) is 0 Å². The Morgan fingerprint density at radius 1 is 1.42 bits per heavy atom. The smallest absolute Gasteiger partial charge is 0.228 e. The number of hydrogen-bond donors (Lipinski definition) is 2. The Balaban J connectivity index is 1.96. The number of anilines is 1. The molecule has 0 amide bonds. The van der Waals surface area contributed by atoms with Crippen molar-refractivity contribution in [2.24, 2.45) is 4.99 Å². The maximum absolute atomic E-state index is 5.85. The van der Waals surface area contributed by atoms with Crippen LogP contribution in [0.4, 0.5) is 11.8 Å². The van der Waals surface area contributed by atoms with E-state index in [9.17, 15) is 0 Å². The molecule has 0 unspecified atom stereocenters. The van der Waals surface area contributed by atoms with Crippen molar-refractivity contribution < 1.29 is 4.42 Å². The highest BCUT2D eigenvalue weighted by Crippen LogP contribution is 2.23. The number of furan rings is 1. The summed E-state index contributed by atoms with van der Waals surface area (Å²) in [5, 5.41) is 3.21. The molecule has 0 saturated heterocycles. The van der Waals surface area contributed by atoms with Gasteiger partial charge >= 0.3 is 0 Å². The lowest BCUT2D eigenvalue weighted by Crippen LogP contribution is -2.02. The third kappa shape index (κ3) is 2.27. The molecule has 7 nitrogen and oxygen atoms in total. The summed E-state index contributed by atoms with van der Waals surface area (Å²) in [6.07, 6.45) is 1.61. The van der Waals surface area contributed by atoms with Crippen LogP contribution < -0.4 is 5.32 Å². The SMILES string of the molecule is C=Nc1nc2nc(Cl)nc(NCc3ccco3)c2[nH]1. The summed E-state index contributed by atoms with van der Waals surface area (Å²) >= 11 is 5.85. The lowest BCUT2D eigenvalue weighted by Gasteiger charge is -2.04. The number of aliphatic imine (C=N–C) groups is 1. The topological polar surface area (TPSA) is 92.0 Å². The Morgan fingerprint density at radius 2 is 2.32 bits per heavy atom. The first-order valence-electron chi connectivity index (χ1n) is 5.42. The zero-order valence-electron chi connectivity index (χ0n) is 9.72. The lowest BCUT2D eigenvalue weighted by atomic mass is 10.4. The monoisotopic (exact) mass is 276 g/mol. The Morgan fingerprint density at radius 3 is 3.05 bits per heavy atom. The van der Waals surface area contributed by atoms with Crippen LogP contribution in [0.25, 0.3) is 11.2 Å². The average Bonchev–Trinajstić information content (AvgIpc) is 3.04. The number of H-pyrrole nitrogens is 1. The fourth-order valence-electron chi connectivity index (χ4n) is 1.65. The summed E-state index contributed by atoms with van der Waals surface area (Å²) in [6.45, 7) is 3.88. The van der Waals surface area contributed by atoms with Crippen molar-refractivity contribution in [1.29, 1.82) is 0 Å². The minimum absolute atomic E-state index is 0.108. The number of aromatic amines is 1. The van der Waals surface area contributed by atoms with Gasteiger partial charge in [-0.1, -0.05) is 0 Å². The second-order valence-electron chi connectivity index (χ2n) is 3.69. The summed E-state index contributed by atoms with van der Waals surface area (Å²) in [4.78, 5) is 18.9. The highest BCUT2D eigenvalue weighted by Gasteiger charge is 2.11. The molecule has 0 aliphatic carbocycles. The molecule has 0 aromatic carbocycles. The van der Waals surface area contributed by atoms with Crippen molar-refractivity contribution in [1.82, 2.24) is 19.9 Å². The minimum Gasteiger partial charge on any atom is -0.467 e. The molecule has 96 valence electrons. The number of halogens is 1. The molecule has 3 aromatic rings. The Kier molecular flexibility index (Phi) is 2.88. The second-order valence-corrected chi connectivity index (χ2v) is 4.03. The minimum atomic E-state index is 0.108. The zero-order valence-corrected chi connectivity index (χ0v) is 10.5. The summed E-state index contributed by atoms with van der Waals surface area (Å²) in [5.74, 6) is 1.69. The summed E-state index contributed by atoms with van der Waals surface area (Å²) < 4.78 is 5.23. The average molecular weight is 277 g/mol. The van der Waals surface area contributed by atoms with E-state index in [1.807, 2.05) is 12.1 Å². The summed E-state index contributed by atoms with van der Waals surface area (Å²) in [5.41, 5.74) is 1.06. The molecule has 8 heteroatoms. The first-order valence-corrected chi connectivity index (χ1v) is 5.80. The molecule has 0 aliphatic rings. The number of nitrogens with zero attached hydrogens (tertiary/aromatic N) is 4. The normalized spacial score (nSPS) is 10.8. The van der Waals surface area contributed by atoms with Crippen molar-refractivity contribution >= 4 is 41.2 Å². The van der Waals surface area contributed by atoms with Gasteiger partial charge in [-0.25, -0.2) is 4.99 Å². The molecule has 3 rings (SSSR count). The van der Waals surface area contributed by atoms with Gasteiger partial charge in [0, 0.05) is 0 Å². The van der Waals surface area contributed by atoms with Gasteiger partial charge in [0.05, 0.1) is 12.8 Å². The lowest BCUT2D eigenvalue weighted by molar-refractivity contribution is 0.518. The molecule has 0 atom stereocenters. The molecule has 0 fully saturated rings. The van der Waals surface area contributed by atoms with E-state index in [1.54, 1.807) is 6.26 Å². The van der Waals surface area contributed by atoms with Crippen LogP contribution in [0.1, 0.15) is 5.76 Å². The van der Waals surface area contributed by atoms with E-state index in [1.165, 1.54) is 0 Å². The van der Waals surface area contributed by atoms with Gasteiger partial charge in [0.1, 0.15) is 11.3 Å². The highest BCUT2D eigenvalue weighted by atomic mass is 35.5. The molecular weight excluding hydrogens is 268 g/mol. The summed E-state index contributed by atoms with van der Waals surface area (Å²) in [7, 11) is 0. The molecule has 0 aliphatic heterocycles. The Labute approximate surface area is 112 Å². The molecule has 3 heterocycles. The standard InChI is InChI=1S/C11H9ClN6O/c1-13-11-15-7-8(14-5-6-3-2-4-19-6)16-10(12)17-9(7)18-11/h2-4H,1,5H2,(H2,14,15,16,17,18). The van der Waals surface area contributed by atoms with Gasteiger partial charge in [0.15, 0.2) is 11.5 Å². The highest BCUT2D eigenvalue weighted by molar-refractivity contribution is 6.28. The molecular formula is C11H9ClN6O. The van der Waals surface area contributed by atoms with Crippen LogP contribution in [0.15, 0.2) is 27.8 Å². The van der Waals surface area contributed by atoms with Crippen LogP contribution in [0.3, 0.4) is 0 Å². The van der Waals surface area contributed by atoms with Gasteiger partial charge in [-0.05, 0) is 30.5 Å². The van der Waals surface area contributed by atoms with Gasteiger partial charge in [-0.2, -0.15) is 15.0 Å². The van der Waals surface area contributed by atoms with E-state index >= 15 is 0 Å². The molecule has 0 spiro atoms. The van der Waals surface area contributed by atoms with Gasteiger partial charge in [-0.15, -0.1) is 0 Å². The fourth-order valence-corrected chi connectivity index (χ4v) is 1.81. The van der Waals surface area contributed by atoms with E-state index in [2.05, 4.69) is 37.0 Å². The molecule has 19 heavy (non-hydrogen) atoms. The molecule has 0 bridgehead atoms. The van der Waals surface area contributed by atoms with Crippen molar-refractivity contribution in [2.75, 3.05) is 5.32 Å². The maximum Gasteiger partial charge on any atom is 0.228 e. The van der Waals surface area contributed by atoms with Gasteiger partial charge in [-0.3, -0.25) is 0 Å². The number of aromatic nitrogens is 4. The predicted molar refractivity (Wildman–Crippen MR) is 71.9 cm³/mol. The quantitative estimate of drug-likeness (QED) is 0.564. The maximum atomic E-state index is 5.85. The predicted octanol–water partition coefficient (Wildman–Crippen LogP) is 2.54. The van der Waals surface area contributed by atoms with Gasteiger partial charge < -0.3 is 14.7 Å². The van der Waals surface area contributed by atoms with Crippen LogP contribution in [0.5, 0.6) is 0 Å². The Hall–Kier alpha value is -2.41. The first-order chi connectivity index (χ1) is 9.26. The zero-order chi connectivity index (χ0) is 13.2. The molecule has 3 aromatic heterocycles. The van der Waals surface area contributed by atoms with Crippen molar-refractivity contribution in [3.8, 4) is 0 Å². The van der Waals surface area contributed by atoms with Crippen LogP contribution >= 0.6 is 11.6 Å². The first kappa shape index (κ1) is 11.7. The number of rotatable bonds is 4. The fraction of sp³-hybridized carbons (Fsp3) is 0.0909. The third-order valence-electron chi connectivity index (χ3n) is 2.47. The van der Waals surface area contributed by atoms with Gasteiger partial charge in [0.2, 0.25) is 11.2 Å². The molecule has 2 N–H and O–H groups in total.